The number of hydrogen-bond acceptors (Lipinski definition) is 4. The van der Waals surface area contributed by atoms with Crippen LogP contribution >= 0.6 is 0 Å². The maximum atomic E-state index is 11.9. The van der Waals surface area contributed by atoms with Crippen LogP contribution in [0.1, 0.15) is 23.2 Å². The lowest BCUT2D eigenvalue weighted by Crippen LogP contribution is -2.03. The van der Waals surface area contributed by atoms with Gasteiger partial charge >= 0.3 is 0 Å². The minimum Gasteiger partial charge on any atom is -0.497 e. The van der Waals surface area contributed by atoms with Crippen molar-refractivity contribution in [1.82, 2.24) is 0 Å². The van der Waals surface area contributed by atoms with Crippen LogP contribution in [-0.4, -0.2) is 26.5 Å². The molecule has 1 aromatic carbocycles. The van der Waals surface area contributed by atoms with E-state index in [9.17, 15) is 4.79 Å². The van der Waals surface area contributed by atoms with Gasteiger partial charge in [0, 0.05) is 23.9 Å². The van der Waals surface area contributed by atoms with Gasteiger partial charge in [0.15, 0.2) is 5.78 Å². The number of carbonyl (C=O) groups excluding carboxylic acids is 1. The SMILES string of the molecule is COc1ccc(C(=O)CCCN=[N+]=[N-])c(OC)c1. The first-order chi connectivity index (χ1) is 8.72. The molecule has 1 aromatic rings. The van der Waals surface area contributed by atoms with E-state index in [2.05, 4.69) is 10.0 Å². The van der Waals surface area contributed by atoms with Gasteiger partial charge in [-0.15, -0.1) is 0 Å². The predicted octanol–water partition coefficient (Wildman–Crippen LogP) is 2.98. The normalized spacial score (nSPS) is 9.44. The third-order valence-electron chi connectivity index (χ3n) is 2.43. The molecule has 0 saturated carbocycles. The Balaban J connectivity index is 2.75. The van der Waals surface area contributed by atoms with Crippen LogP contribution < -0.4 is 9.47 Å². The zero-order chi connectivity index (χ0) is 13.4. The van der Waals surface area contributed by atoms with Crippen molar-refractivity contribution in [3.05, 3.63) is 34.2 Å². The first-order valence-electron chi connectivity index (χ1n) is 5.49. The average molecular weight is 249 g/mol. The van der Waals surface area contributed by atoms with E-state index in [4.69, 9.17) is 15.0 Å². The van der Waals surface area contributed by atoms with Crippen molar-refractivity contribution in [2.75, 3.05) is 20.8 Å². The molecule has 0 unspecified atom stereocenters. The predicted molar refractivity (Wildman–Crippen MR) is 67.1 cm³/mol. The minimum atomic E-state index is -0.0392. The molecule has 0 spiro atoms. The van der Waals surface area contributed by atoms with Crippen LogP contribution in [-0.2, 0) is 0 Å². The molecule has 0 bridgehead atoms. The van der Waals surface area contributed by atoms with E-state index in [0.717, 1.165) is 0 Å². The summed E-state index contributed by atoms with van der Waals surface area (Å²) >= 11 is 0. The Bertz CT molecular complexity index is 468. The Labute approximate surface area is 105 Å². The van der Waals surface area contributed by atoms with Crippen LogP contribution in [0.25, 0.3) is 10.4 Å². The number of rotatable bonds is 7. The Kier molecular flexibility index (Phi) is 5.54. The van der Waals surface area contributed by atoms with Crippen molar-refractivity contribution in [2.45, 2.75) is 12.8 Å². The van der Waals surface area contributed by atoms with Gasteiger partial charge < -0.3 is 9.47 Å². The van der Waals surface area contributed by atoms with Crippen LogP contribution in [0.15, 0.2) is 23.3 Å². The summed E-state index contributed by atoms with van der Waals surface area (Å²) < 4.78 is 10.2. The summed E-state index contributed by atoms with van der Waals surface area (Å²) in [6, 6.07) is 5.05. The van der Waals surface area contributed by atoms with E-state index in [1.165, 1.54) is 7.11 Å². The molecular formula is C12H15N3O3. The van der Waals surface area contributed by atoms with Crippen LogP contribution in [0.5, 0.6) is 11.5 Å². The third kappa shape index (κ3) is 3.68. The molecule has 6 heteroatoms. The number of hydrogen-bond donors (Lipinski definition) is 0. The lowest BCUT2D eigenvalue weighted by Gasteiger charge is -2.09. The maximum absolute atomic E-state index is 11.9. The Morgan fingerprint density at radius 2 is 2.17 bits per heavy atom. The summed E-state index contributed by atoms with van der Waals surface area (Å²) in [7, 11) is 3.06. The molecule has 0 aliphatic rings. The first kappa shape index (κ1) is 13.9. The molecule has 0 saturated heterocycles. The number of ether oxygens (including phenoxy) is 2. The molecule has 0 aliphatic carbocycles. The summed E-state index contributed by atoms with van der Waals surface area (Å²) in [6.07, 6.45) is 0.847. The Morgan fingerprint density at radius 3 is 2.78 bits per heavy atom. The molecule has 0 heterocycles. The molecule has 0 aromatic heterocycles. The summed E-state index contributed by atoms with van der Waals surface area (Å²) in [5, 5.41) is 3.38. The van der Waals surface area contributed by atoms with Gasteiger partial charge in [0.25, 0.3) is 0 Å². The van der Waals surface area contributed by atoms with E-state index < -0.39 is 0 Å². The fraction of sp³-hybridized carbons (Fsp3) is 0.417. The van der Waals surface area contributed by atoms with Gasteiger partial charge in [-0.3, -0.25) is 4.79 Å². The second kappa shape index (κ2) is 7.19. The average Bonchev–Trinajstić information content (AvgIpc) is 2.42. The molecule has 0 aliphatic heterocycles. The zero-order valence-electron chi connectivity index (χ0n) is 10.4. The van der Waals surface area contributed by atoms with Gasteiger partial charge in [-0.25, -0.2) is 0 Å². The molecule has 0 N–H and O–H groups in total. The van der Waals surface area contributed by atoms with Crippen LogP contribution in [0.2, 0.25) is 0 Å². The van der Waals surface area contributed by atoms with Crippen molar-refractivity contribution in [3.8, 4) is 11.5 Å². The van der Waals surface area contributed by atoms with E-state index in [1.807, 2.05) is 0 Å². The molecule has 6 nitrogen and oxygen atoms in total. The Morgan fingerprint density at radius 1 is 1.39 bits per heavy atom. The van der Waals surface area contributed by atoms with Gasteiger partial charge in [0.2, 0.25) is 0 Å². The smallest absolute Gasteiger partial charge is 0.166 e. The second-order valence-electron chi connectivity index (χ2n) is 3.55. The van der Waals surface area contributed by atoms with E-state index >= 15 is 0 Å². The molecule has 0 radical (unpaired) electrons. The quantitative estimate of drug-likeness (QED) is 0.245. The molecule has 0 fully saturated rings. The molecule has 18 heavy (non-hydrogen) atoms. The highest BCUT2D eigenvalue weighted by Gasteiger charge is 2.12. The van der Waals surface area contributed by atoms with Crippen LogP contribution in [0.3, 0.4) is 0 Å². The molecule has 1 rings (SSSR count). The van der Waals surface area contributed by atoms with Gasteiger partial charge in [-0.2, -0.15) is 0 Å². The van der Waals surface area contributed by atoms with Gasteiger partial charge in [-0.1, -0.05) is 5.11 Å². The number of ketones is 1. The van der Waals surface area contributed by atoms with Crippen LogP contribution in [0, 0.1) is 0 Å². The molecule has 0 amide bonds. The van der Waals surface area contributed by atoms with Crippen molar-refractivity contribution >= 4 is 5.78 Å². The highest BCUT2D eigenvalue weighted by atomic mass is 16.5. The van der Waals surface area contributed by atoms with E-state index in [-0.39, 0.29) is 5.78 Å². The summed E-state index contributed by atoms with van der Waals surface area (Å²) in [5.41, 5.74) is 8.64. The monoisotopic (exact) mass is 249 g/mol. The number of Topliss-reactive ketones (excluding diaryl/α,β-unsaturated/α-hetero) is 1. The van der Waals surface area contributed by atoms with Crippen LogP contribution in [0.4, 0.5) is 0 Å². The fourth-order valence-electron chi connectivity index (χ4n) is 1.52. The summed E-state index contributed by atoms with van der Waals surface area (Å²) in [6.45, 7) is 0.320. The lowest BCUT2D eigenvalue weighted by molar-refractivity contribution is 0.0978. The molecule has 96 valence electrons. The minimum absolute atomic E-state index is 0.0392. The summed E-state index contributed by atoms with van der Waals surface area (Å²) in [4.78, 5) is 14.6. The number of nitrogens with zero attached hydrogens (tertiary/aromatic N) is 3. The van der Waals surface area contributed by atoms with E-state index in [1.54, 1.807) is 25.3 Å². The van der Waals surface area contributed by atoms with E-state index in [0.29, 0.717) is 36.4 Å². The molecule has 0 atom stereocenters. The zero-order valence-corrected chi connectivity index (χ0v) is 10.4. The van der Waals surface area contributed by atoms with Gasteiger partial charge in [0.1, 0.15) is 11.5 Å². The topological polar surface area (TPSA) is 84.3 Å². The Hall–Kier alpha value is -2.20. The largest absolute Gasteiger partial charge is 0.497 e. The van der Waals surface area contributed by atoms with Crippen molar-refractivity contribution in [3.63, 3.8) is 0 Å². The van der Waals surface area contributed by atoms with Gasteiger partial charge in [0.05, 0.1) is 19.8 Å². The van der Waals surface area contributed by atoms with Crippen molar-refractivity contribution in [2.24, 2.45) is 5.11 Å². The van der Waals surface area contributed by atoms with Crippen molar-refractivity contribution in [1.29, 1.82) is 0 Å². The fourth-order valence-corrected chi connectivity index (χ4v) is 1.52. The first-order valence-corrected chi connectivity index (χ1v) is 5.49. The standard InChI is InChI=1S/C12H15N3O3/c1-17-9-5-6-10(12(8-9)18-2)11(16)4-3-7-14-15-13/h5-6,8H,3-4,7H2,1-2H3. The number of methoxy groups -OCH3 is 2. The lowest BCUT2D eigenvalue weighted by atomic mass is 10.1. The number of azide groups is 1. The number of carbonyl (C=O) groups is 1. The van der Waals surface area contributed by atoms with Crippen molar-refractivity contribution < 1.29 is 14.3 Å². The third-order valence-corrected chi connectivity index (χ3v) is 2.43. The number of benzene rings is 1. The highest BCUT2D eigenvalue weighted by Crippen LogP contribution is 2.25. The second-order valence-corrected chi connectivity index (χ2v) is 3.55. The maximum Gasteiger partial charge on any atom is 0.166 e. The highest BCUT2D eigenvalue weighted by molar-refractivity contribution is 5.98. The van der Waals surface area contributed by atoms with Gasteiger partial charge in [-0.05, 0) is 24.1 Å². The summed E-state index contributed by atoms with van der Waals surface area (Å²) in [5.74, 6) is 1.09. The molecular weight excluding hydrogens is 234 g/mol.